The lowest BCUT2D eigenvalue weighted by Crippen LogP contribution is -2.47. The lowest BCUT2D eigenvalue weighted by molar-refractivity contribution is -0.143. The second kappa shape index (κ2) is 7.45. The molecule has 2 N–H and O–H groups in total. The van der Waals surface area contributed by atoms with E-state index in [4.69, 9.17) is 5.11 Å². The Bertz CT molecular complexity index is 475. The Morgan fingerprint density at radius 1 is 1.57 bits per heavy atom. The lowest BCUT2D eigenvalue weighted by atomic mass is 9.98. The van der Waals surface area contributed by atoms with Gasteiger partial charge in [-0.05, 0) is 30.7 Å². The zero-order valence-electron chi connectivity index (χ0n) is 12.2. The zero-order chi connectivity index (χ0) is 15.2. The number of carboxylic acid groups (broad SMARTS) is 1. The fourth-order valence-corrected chi connectivity index (χ4v) is 3.48. The highest BCUT2D eigenvalue weighted by Gasteiger charge is 2.29. The maximum atomic E-state index is 12.4. The normalized spacial score (nSPS) is 20.0. The molecule has 1 aliphatic heterocycles. The van der Waals surface area contributed by atoms with Gasteiger partial charge in [-0.2, -0.15) is 0 Å². The molecule has 5 nitrogen and oxygen atoms in total. The molecule has 0 saturated carbocycles. The third-order valence-electron chi connectivity index (χ3n) is 3.82. The van der Waals surface area contributed by atoms with Crippen molar-refractivity contribution in [3.8, 4) is 0 Å². The van der Waals surface area contributed by atoms with Crippen molar-refractivity contribution in [2.75, 3.05) is 13.1 Å². The minimum atomic E-state index is -0.809. The van der Waals surface area contributed by atoms with Crippen LogP contribution < -0.4 is 5.32 Å². The largest absolute Gasteiger partial charge is 0.481 e. The van der Waals surface area contributed by atoms with Crippen LogP contribution in [0.5, 0.6) is 0 Å². The van der Waals surface area contributed by atoms with Gasteiger partial charge in [0.2, 0.25) is 0 Å². The molecule has 0 radical (unpaired) electrons. The topological polar surface area (TPSA) is 69.6 Å². The van der Waals surface area contributed by atoms with E-state index in [1.807, 2.05) is 17.5 Å². The molecule has 1 aromatic heterocycles. The number of aliphatic carboxylic acids is 1. The first-order chi connectivity index (χ1) is 10.1. The van der Waals surface area contributed by atoms with Crippen LogP contribution in [0.15, 0.2) is 17.5 Å². The molecule has 1 aromatic rings. The smallest absolute Gasteiger partial charge is 0.317 e. The van der Waals surface area contributed by atoms with Crippen LogP contribution in [-0.4, -0.2) is 35.1 Å². The number of amides is 2. The summed E-state index contributed by atoms with van der Waals surface area (Å²) < 4.78 is 0. The van der Waals surface area contributed by atoms with Crippen LogP contribution in [-0.2, 0) is 4.79 Å². The standard InChI is InChI=1S/C15H22N2O3S/c1-2-5-12(13-7-4-9-21-13)16-15(20)17-8-3-6-11(10-17)14(18)19/h4,7,9,11-12H,2-3,5-6,8,10H2,1H3,(H,16,20)(H,18,19)/t11-,12?/m1/s1. The van der Waals surface area contributed by atoms with Gasteiger partial charge in [0, 0.05) is 18.0 Å². The number of likely N-dealkylation sites (tertiary alicyclic amines) is 1. The molecule has 1 aliphatic rings. The maximum absolute atomic E-state index is 12.4. The van der Waals surface area contributed by atoms with E-state index < -0.39 is 11.9 Å². The number of urea groups is 1. The third kappa shape index (κ3) is 4.20. The number of nitrogens with one attached hydrogen (secondary N) is 1. The van der Waals surface area contributed by atoms with Crippen LogP contribution in [0.4, 0.5) is 4.79 Å². The van der Waals surface area contributed by atoms with Crippen molar-refractivity contribution in [2.45, 2.75) is 38.6 Å². The van der Waals surface area contributed by atoms with Gasteiger partial charge in [0.1, 0.15) is 0 Å². The van der Waals surface area contributed by atoms with Crippen molar-refractivity contribution in [1.82, 2.24) is 10.2 Å². The first-order valence-corrected chi connectivity index (χ1v) is 8.31. The third-order valence-corrected chi connectivity index (χ3v) is 4.81. The van der Waals surface area contributed by atoms with Crippen molar-refractivity contribution in [2.24, 2.45) is 5.92 Å². The average Bonchev–Trinajstić information content (AvgIpc) is 3.01. The Morgan fingerprint density at radius 2 is 2.38 bits per heavy atom. The molecule has 2 rings (SSSR count). The summed E-state index contributed by atoms with van der Waals surface area (Å²) in [6, 6.07) is 3.89. The monoisotopic (exact) mass is 310 g/mol. The molecule has 116 valence electrons. The molecule has 1 saturated heterocycles. The average molecular weight is 310 g/mol. The van der Waals surface area contributed by atoms with Crippen molar-refractivity contribution >= 4 is 23.3 Å². The summed E-state index contributed by atoms with van der Waals surface area (Å²) in [6.07, 6.45) is 3.29. The molecule has 0 aromatic carbocycles. The molecule has 2 heterocycles. The van der Waals surface area contributed by atoms with Gasteiger partial charge in [0.05, 0.1) is 12.0 Å². The van der Waals surface area contributed by atoms with Crippen LogP contribution in [0.2, 0.25) is 0 Å². The van der Waals surface area contributed by atoms with E-state index in [1.165, 1.54) is 0 Å². The van der Waals surface area contributed by atoms with E-state index in [-0.39, 0.29) is 12.1 Å². The van der Waals surface area contributed by atoms with Crippen LogP contribution in [0.25, 0.3) is 0 Å². The summed E-state index contributed by atoms with van der Waals surface area (Å²) >= 11 is 1.64. The highest BCUT2D eigenvalue weighted by Crippen LogP contribution is 2.24. The molecule has 6 heteroatoms. The summed E-state index contributed by atoms with van der Waals surface area (Å²) in [5, 5.41) is 14.2. The second-order valence-corrected chi connectivity index (χ2v) is 6.41. The van der Waals surface area contributed by atoms with E-state index in [0.29, 0.717) is 19.5 Å². The second-order valence-electron chi connectivity index (χ2n) is 5.43. The Hall–Kier alpha value is -1.56. The number of carboxylic acids is 1. The van der Waals surface area contributed by atoms with Gasteiger partial charge in [-0.25, -0.2) is 4.79 Å². The molecule has 1 unspecified atom stereocenters. The molecule has 21 heavy (non-hydrogen) atoms. The van der Waals surface area contributed by atoms with Gasteiger partial charge in [-0.3, -0.25) is 4.79 Å². The highest BCUT2D eigenvalue weighted by atomic mass is 32.1. The van der Waals surface area contributed by atoms with Gasteiger partial charge in [0.15, 0.2) is 0 Å². The molecule has 2 amide bonds. The van der Waals surface area contributed by atoms with E-state index in [0.717, 1.165) is 24.1 Å². The fourth-order valence-electron chi connectivity index (χ4n) is 2.67. The van der Waals surface area contributed by atoms with Crippen molar-refractivity contribution in [3.05, 3.63) is 22.4 Å². The van der Waals surface area contributed by atoms with Gasteiger partial charge in [-0.1, -0.05) is 19.4 Å². The number of piperidine rings is 1. The highest BCUT2D eigenvalue weighted by molar-refractivity contribution is 7.10. The van der Waals surface area contributed by atoms with Gasteiger partial charge < -0.3 is 15.3 Å². The molecular formula is C15H22N2O3S. The Balaban J connectivity index is 1.97. The Labute approximate surface area is 129 Å². The van der Waals surface area contributed by atoms with E-state index in [2.05, 4.69) is 12.2 Å². The summed E-state index contributed by atoms with van der Waals surface area (Å²) in [7, 11) is 0. The maximum Gasteiger partial charge on any atom is 0.317 e. The van der Waals surface area contributed by atoms with Crippen LogP contribution >= 0.6 is 11.3 Å². The lowest BCUT2D eigenvalue weighted by Gasteiger charge is -2.32. The van der Waals surface area contributed by atoms with E-state index >= 15 is 0 Å². The number of carbonyl (C=O) groups excluding carboxylic acids is 1. The Kier molecular flexibility index (Phi) is 5.61. The summed E-state index contributed by atoms with van der Waals surface area (Å²) in [5.41, 5.74) is 0. The molecule has 2 atom stereocenters. The van der Waals surface area contributed by atoms with Gasteiger partial charge in [0.25, 0.3) is 0 Å². The van der Waals surface area contributed by atoms with E-state index in [9.17, 15) is 9.59 Å². The molecule has 0 aliphatic carbocycles. The van der Waals surface area contributed by atoms with Crippen molar-refractivity contribution < 1.29 is 14.7 Å². The van der Waals surface area contributed by atoms with Crippen molar-refractivity contribution in [3.63, 3.8) is 0 Å². The number of thiophene rings is 1. The summed E-state index contributed by atoms with van der Waals surface area (Å²) in [6.45, 7) is 3.04. The Morgan fingerprint density at radius 3 is 3.00 bits per heavy atom. The number of hydrogen-bond donors (Lipinski definition) is 2. The van der Waals surface area contributed by atoms with Gasteiger partial charge >= 0.3 is 12.0 Å². The molecular weight excluding hydrogens is 288 g/mol. The number of rotatable bonds is 5. The molecule has 1 fully saturated rings. The molecule has 0 spiro atoms. The predicted octanol–water partition coefficient (Wildman–Crippen LogP) is 3.10. The van der Waals surface area contributed by atoms with Crippen molar-refractivity contribution in [1.29, 1.82) is 0 Å². The number of carbonyl (C=O) groups is 2. The first-order valence-electron chi connectivity index (χ1n) is 7.43. The number of hydrogen-bond acceptors (Lipinski definition) is 3. The van der Waals surface area contributed by atoms with Crippen LogP contribution in [0.1, 0.15) is 43.5 Å². The quantitative estimate of drug-likeness (QED) is 0.878. The minimum absolute atomic E-state index is 0.0210. The van der Waals surface area contributed by atoms with E-state index in [1.54, 1.807) is 16.2 Å². The molecule has 0 bridgehead atoms. The predicted molar refractivity (Wildman–Crippen MR) is 82.4 cm³/mol. The fraction of sp³-hybridized carbons (Fsp3) is 0.600. The van der Waals surface area contributed by atoms with Gasteiger partial charge in [-0.15, -0.1) is 11.3 Å². The summed E-state index contributed by atoms with van der Waals surface area (Å²) in [4.78, 5) is 26.2. The first kappa shape index (κ1) is 15.8. The summed E-state index contributed by atoms with van der Waals surface area (Å²) in [5.74, 6) is -1.24. The van der Waals surface area contributed by atoms with Crippen LogP contribution in [0, 0.1) is 5.92 Å². The van der Waals surface area contributed by atoms with Crippen LogP contribution in [0.3, 0.4) is 0 Å². The SMILES string of the molecule is CCCC(NC(=O)N1CCC[C@@H](C(=O)O)C1)c1cccs1. The minimum Gasteiger partial charge on any atom is -0.481 e. The number of nitrogens with zero attached hydrogens (tertiary/aromatic N) is 1. The zero-order valence-corrected chi connectivity index (χ0v) is 13.1.